The summed E-state index contributed by atoms with van der Waals surface area (Å²) in [4.78, 5) is 7.35. The first-order valence-corrected chi connectivity index (χ1v) is 7.69. The van der Waals surface area contributed by atoms with E-state index in [-0.39, 0.29) is 24.0 Å². The van der Waals surface area contributed by atoms with Crippen LogP contribution in [0.1, 0.15) is 42.4 Å². The zero-order valence-corrected chi connectivity index (χ0v) is 14.9. The highest BCUT2D eigenvalue weighted by Crippen LogP contribution is 2.18. The molecule has 0 aromatic carbocycles. The van der Waals surface area contributed by atoms with Gasteiger partial charge in [0, 0.05) is 22.3 Å². The highest BCUT2D eigenvalue weighted by Gasteiger charge is 2.15. The first-order valence-electron chi connectivity index (χ1n) is 6.88. The van der Waals surface area contributed by atoms with Crippen LogP contribution in [-0.2, 0) is 6.54 Å². The minimum absolute atomic E-state index is 0. The molecule has 0 bridgehead atoms. The van der Waals surface area contributed by atoms with Crippen LogP contribution in [0.3, 0.4) is 0 Å². The minimum Gasteiger partial charge on any atom is -0.357 e. The van der Waals surface area contributed by atoms with E-state index in [9.17, 15) is 0 Å². The maximum Gasteiger partial charge on any atom is 0.191 e. The molecule has 1 aromatic heterocycles. The van der Waals surface area contributed by atoms with E-state index in [0.29, 0.717) is 6.04 Å². The molecule has 0 spiro atoms. The summed E-state index contributed by atoms with van der Waals surface area (Å²) in [7, 11) is 0. The molecule has 0 unspecified atom stereocenters. The fourth-order valence-electron chi connectivity index (χ4n) is 2.31. The van der Waals surface area contributed by atoms with Gasteiger partial charge in [-0.25, -0.2) is 4.99 Å². The highest BCUT2D eigenvalue weighted by atomic mass is 127. The van der Waals surface area contributed by atoms with Gasteiger partial charge in [0.05, 0.1) is 6.54 Å². The summed E-state index contributed by atoms with van der Waals surface area (Å²) in [5.74, 6) is 0.968. The van der Waals surface area contributed by atoms with Crippen LogP contribution in [-0.4, -0.2) is 18.5 Å². The number of aryl methyl sites for hydroxylation is 1. The maximum absolute atomic E-state index is 4.67. The van der Waals surface area contributed by atoms with Crippen molar-refractivity contribution in [2.24, 2.45) is 4.99 Å². The molecule has 5 heteroatoms. The summed E-state index contributed by atoms with van der Waals surface area (Å²) in [6.45, 7) is 5.95. The van der Waals surface area contributed by atoms with Crippen LogP contribution >= 0.6 is 35.3 Å². The van der Waals surface area contributed by atoms with Crippen molar-refractivity contribution in [3.8, 4) is 0 Å². The molecule has 108 valence electrons. The molecule has 0 amide bonds. The predicted molar refractivity (Wildman–Crippen MR) is 94.7 cm³/mol. The van der Waals surface area contributed by atoms with Gasteiger partial charge in [-0.2, -0.15) is 0 Å². The summed E-state index contributed by atoms with van der Waals surface area (Å²) >= 11 is 1.83. The minimum atomic E-state index is 0. The van der Waals surface area contributed by atoms with Crippen molar-refractivity contribution in [1.29, 1.82) is 0 Å². The van der Waals surface area contributed by atoms with Gasteiger partial charge in [0.25, 0.3) is 0 Å². The number of rotatable bonds is 4. The van der Waals surface area contributed by atoms with E-state index in [1.165, 1.54) is 35.4 Å². The molecule has 0 saturated heterocycles. The van der Waals surface area contributed by atoms with E-state index in [4.69, 9.17) is 0 Å². The van der Waals surface area contributed by atoms with Crippen molar-refractivity contribution in [1.82, 2.24) is 10.6 Å². The Morgan fingerprint density at radius 3 is 2.68 bits per heavy atom. The molecule has 1 saturated carbocycles. The van der Waals surface area contributed by atoms with E-state index < -0.39 is 0 Å². The van der Waals surface area contributed by atoms with Crippen LogP contribution in [0.2, 0.25) is 0 Å². The number of hydrogen-bond donors (Lipinski definition) is 2. The Labute approximate surface area is 137 Å². The zero-order chi connectivity index (χ0) is 12.8. The standard InChI is InChI=1S/C14H23N3S.HI/c1-3-15-14(17-12-6-4-5-7-12)16-10-13-9-8-11(2)18-13;/h8-9,12H,3-7,10H2,1-2H3,(H2,15,16,17);1H. The number of hydrogen-bond acceptors (Lipinski definition) is 2. The molecule has 1 heterocycles. The quantitative estimate of drug-likeness (QED) is 0.465. The summed E-state index contributed by atoms with van der Waals surface area (Å²) in [6.07, 6.45) is 5.26. The third kappa shape index (κ3) is 5.69. The van der Waals surface area contributed by atoms with Gasteiger partial charge < -0.3 is 10.6 Å². The molecular weight excluding hydrogens is 369 g/mol. The van der Waals surface area contributed by atoms with Gasteiger partial charge in [0.15, 0.2) is 5.96 Å². The smallest absolute Gasteiger partial charge is 0.191 e. The van der Waals surface area contributed by atoms with Crippen LogP contribution in [0.15, 0.2) is 17.1 Å². The van der Waals surface area contributed by atoms with Gasteiger partial charge in [-0.15, -0.1) is 35.3 Å². The molecule has 0 aliphatic heterocycles. The van der Waals surface area contributed by atoms with Crippen molar-refractivity contribution >= 4 is 41.3 Å². The molecular formula is C14H24IN3S. The summed E-state index contributed by atoms with van der Waals surface area (Å²) < 4.78 is 0. The second-order valence-electron chi connectivity index (χ2n) is 4.83. The number of guanidine groups is 1. The van der Waals surface area contributed by atoms with Gasteiger partial charge in [0.2, 0.25) is 0 Å². The first-order chi connectivity index (χ1) is 8.78. The fourth-order valence-corrected chi connectivity index (χ4v) is 3.13. The van der Waals surface area contributed by atoms with Gasteiger partial charge in [-0.05, 0) is 38.8 Å². The number of halogens is 1. The molecule has 0 radical (unpaired) electrons. The Hall–Kier alpha value is -0.300. The second kappa shape index (κ2) is 8.79. The van der Waals surface area contributed by atoms with E-state index in [1.807, 2.05) is 11.3 Å². The van der Waals surface area contributed by atoms with Crippen molar-refractivity contribution < 1.29 is 0 Å². The van der Waals surface area contributed by atoms with Crippen molar-refractivity contribution in [3.63, 3.8) is 0 Å². The molecule has 2 rings (SSSR count). The Balaban J connectivity index is 0.00000180. The molecule has 1 fully saturated rings. The normalized spacial score (nSPS) is 16.2. The van der Waals surface area contributed by atoms with E-state index in [0.717, 1.165) is 19.0 Å². The average molecular weight is 393 g/mol. The lowest BCUT2D eigenvalue weighted by molar-refractivity contribution is 0.614. The molecule has 1 aliphatic rings. The van der Waals surface area contributed by atoms with Crippen LogP contribution in [0.4, 0.5) is 0 Å². The van der Waals surface area contributed by atoms with E-state index >= 15 is 0 Å². The summed E-state index contributed by atoms with van der Waals surface area (Å²) in [5.41, 5.74) is 0. The number of nitrogens with one attached hydrogen (secondary N) is 2. The van der Waals surface area contributed by atoms with Gasteiger partial charge in [-0.3, -0.25) is 0 Å². The van der Waals surface area contributed by atoms with Gasteiger partial charge >= 0.3 is 0 Å². The summed E-state index contributed by atoms with van der Waals surface area (Å²) in [6, 6.07) is 4.95. The van der Waals surface area contributed by atoms with Gasteiger partial charge in [-0.1, -0.05) is 12.8 Å². The monoisotopic (exact) mass is 393 g/mol. The number of aliphatic imine (C=N–C) groups is 1. The first kappa shape index (κ1) is 16.8. The topological polar surface area (TPSA) is 36.4 Å². The molecule has 0 atom stereocenters. The molecule has 2 N–H and O–H groups in total. The Bertz CT molecular complexity index is 397. The predicted octanol–water partition coefficient (Wildman–Crippen LogP) is 3.67. The maximum atomic E-state index is 4.67. The Kier molecular flexibility index (Phi) is 7.75. The molecule has 19 heavy (non-hydrogen) atoms. The lowest BCUT2D eigenvalue weighted by Gasteiger charge is -2.16. The zero-order valence-electron chi connectivity index (χ0n) is 11.7. The lowest BCUT2D eigenvalue weighted by atomic mass is 10.2. The number of nitrogens with zero attached hydrogens (tertiary/aromatic N) is 1. The lowest BCUT2D eigenvalue weighted by Crippen LogP contribution is -2.42. The van der Waals surface area contributed by atoms with Crippen LogP contribution < -0.4 is 10.6 Å². The van der Waals surface area contributed by atoms with E-state index in [2.05, 4.69) is 41.6 Å². The van der Waals surface area contributed by atoms with Gasteiger partial charge in [0.1, 0.15) is 0 Å². The number of thiophene rings is 1. The molecule has 1 aromatic rings. The SMILES string of the molecule is CCNC(=NCc1ccc(C)s1)NC1CCCC1.I. The largest absolute Gasteiger partial charge is 0.357 e. The van der Waals surface area contributed by atoms with Crippen LogP contribution in [0.25, 0.3) is 0 Å². The third-order valence-electron chi connectivity index (χ3n) is 3.23. The Morgan fingerprint density at radius 2 is 2.11 bits per heavy atom. The van der Waals surface area contributed by atoms with Crippen molar-refractivity contribution in [3.05, 3.63) is 21.9 Å². The van der Waals surface area contributed by atoms with Crippen molar-refractivity contribution in [2.45, 2.75) is 52.1 Å². The fraction of sp³-hybridized carbons (Fsp3) is 0.643. The highest BCUT2D eigenvalue weighted by molar-refractivity contribution is 14.0. The average Bonchev–Trinajstić information content (AvgIpc) is 2.98. The van der Waals surface area contributed by atoms with Crippen molar-refractivity contribution in [2.75, 3.05) is 6.54 Å². The van der Waals surface area contributed by atoms with Crippen LogP contribution in [0.5, 0.6) is 0 Å². The van der Waals surface area contributed by atoms with Crippen LogP contribution in [0, 0.1) is 6.92 Å². The Morgan fingerprint density at radius 1 is 1.37 bits per heavy atom. The van der Waals surface area contributed by atoms with E-state index in [1.54, 1.807) is 0 Å². The molecule has 1 aliphatic carbocycles. The molecule has 3 nitrogen and oxygen atoms in total. The second-order valence-corrected chi connectivity index (χ2v) is 6.21. The third-order valence-corrected chi connectivity index (χ3v) is 4.21. The summed E-state index contributed by atoms with van der Waals surface area (Å²) in [5, 5.41) is 6.87.